The molecule has 3 heteroatoms. The Hall–Kier alpha value is -0.120. The van der Waals surface area contributed by atoms with E-state index in [0.717, 1.165) is 12.6 Å². The van der Waals surface area contributed by atoms with Crippen molar-refractivity contribution in [1.29, 1.82) is 0 Å². The van der Waals surface area contributed by atoms with Crippen molar-refractivity contribution < 1.29 is 0 Å². The van der Waals surface area contributed by atoms with E-state index in [0.29, 0.717) is 12.1 Å². The van der Waals surface area contributed by atoms with Crippen LogP contribution >= 0.6 is 0 Å². The van der Waals surface area contributed by atoms with Crippen LogP contribution in [0.15, 0.2) is 0 Å². The molecule has 0 aliphatic carbocycles. The van der Waals surface area contributed by atoms with Crippen LogP contribution in [-0.2, 0) is 0 Å². The van der Waals surface area contributed by atoms with Crippen LogP contribution in [0, 0.1) is 0 Å². The maximum Gasteiger partial charge on any atom is 0.0244 e. The van der Waals surface area contributed by atoms with Gasteiger partial charge in [0, 0.05) is 24.7 Å². The van der Waals surface area contributed by atoms with Gasteiger partial charge in [-0.15, -0.1) is 0 Å². The lowest BCUT2D eigenvalue weighted by molar-refractivity contribution is 0.133. The predicted molar refractivity (Wildman–Crippen MR) is 89.4 cm³/mol. The lowest BCUT2D eigenvalue weighted by Crippen LogP contribution is -2.51. The summed E-state index contributed by atoms with van der Waals surface area (Å²) >= 11 is 0. The van der Waals surface area contributed by atoms with E-state index in [2.05, 4.69) is 49.9 Å². The van der Waals surface area contributed by atoms with Crippen LogP contribution in [0.1, 0.15) is 59.8 Å². The highest BCUT2D eigenvalue weighted by Crippen LogP contribution is 2.20. The maximum atomic E-state index is 3.71. The van der Waals surface area contributed by atoms with E-state index in [1.807, 2.05) is 0 Å². The van der Waals surface area contributed by atoms with E-state index in [1.165, 1.54) is 51.7 Å². The molecular weight excluding hydrogens is 246 g/mol. The number of hydrogen-bond acceptors (Lipinski definition) is 3. The van der Waals surface area contributed by atoms with Crippen molar-refractivity contribution in [2.75, 3.05) is 33.2 Å². The lowest BCUT2D eigenvalue weighted by Gasteiger charge is -2.37. The van der Waals surface area contributed by atoms with Gasteiger partial charge in [-0.3, -0.25) is 4.90 Å². The van der Waals surface area contributed by atoms with E-state index in [9.17, 15) is 0 Å². The van der Waals surface area contributed by atoms with Gasteiger partial charge in [-0.1, -0.05) is 34.1 Å². The van der Waals surface area contributed by atoms with Crippen LogP contribution in [0.3, 0.4) is 0 Å². The van der Waals surface area contributed by atoms with Crippen molar-refractivity contribution >= 4 is 0 Å². The third-order valence-electron chi connectivity index (χ3n) is 4.92. The van der Waals surface area contributed by atoms with Gasteiger partial charge in [0.2, 0.25) is 0 Å². The quantitative estimate of drug-likeness (QED) is 0.665. The fraction of sp³-hybridized carbons (Fsp3) is 1.00. The zero-order valence-corrected chi connectivity index (χ0v) is 14.5. The smallest absolute Gasteiger partial charge is 0.0244 e. The molecule has 1 N–H and O–H groups in total. The Balaban J connectivity index is 2.57. The number of hydrogen-bond donors (Lipinski definition) is 1. The Morgan fingerprint density at radius 2 is 2.00 bits per heavy atom. The molecule has 3 atom stereocenters. The van der Waals surface area contributed by atoms with Crippen LogP contribution in [0.4, 0.5) is 0 Å². The van der Waals surface area contributed by atoms with Crippen molar-refractivity contribution in [3.63, 3.8) is 0 Å². The van der Waals surface area contributed by atoms with Gasteiger partial charge < -0.3 is 10.2 Å². The Kier molecular flexibility index (Phi) is 8.74. The third-order valence-corrected chi connectivity index (χ3v) is 4.92. The van der Waals surface area contributed by atoms with Crippen LogP contribution < -0.4 is 5.32 Å². The molecule has 1 aliphatic heterocycles. The zero-order valence-electron chi connectivity index (χ0n) is 14.5. The summed E-state index contributed by atoms with van der Waals surface area (Å²) in [5.74, 6) is 0. The minimum absolute atomic E-state index is 0.650. The highest BCUT2D eigenvalue weighted by Gasteiger charge is 2.28. The van der Waals surface area contributed by atoms with Gasteiger partial charge in [0.1, 0.15) is 0 Å². The van der Waals surface area contributed by atoms with Gasteiger partial charge in [-0.25, -0.2) is 0 Å². The van der Waals surface area contributed by atoms with Crippen LogP contribution in [0.2, 0.25) is 0 Å². The summed E-state index contributed by atoms with van der Waals surface area (Å²) < 4.78 is 0. The van der Waals surface area contributed by atoms with Crippen molar-refractivity contribution in [1.82, 2.24) is 15.1 Å². The van der Waals surface area contributed by atoms with E-state index in [4.69, 9.17) is 0 Å². The molecule has 3 unspecified atom stereocenters. The van der Waals surface area contributed by atoms with Crippen LogP contribution in [0.5, 0.6) is 0 Å². The zero-order chi connectivity index (χ0) is 15.0. The lowest BCUT2D eigenvalue weighted by atomic mass is 9.98. The first-order valence-electron chi connectivity index (χ1n) is 8.85. The molecule has 1 saturated heterocycles. The van der Waals surface area contributed by atoms with Crippen molar-refractivity contribution in [2.24, 2.45) is 0 Å². The maximum absolute atomic E-state index is 3.71. The average Bonchev–Trinajstić information content (AvgIpc) is 2.87. The van der Waals surface area contributed by atoms with Crippen molar-refractivity contribution in [2.45, 2.75) is 77.9 Å². The van der Waals surface area contributed by atoms with E-state index >= 15 is 0 Å². The molecule has 1 fully saturated rings. The summed E-state index contributed by atoms with van der Waals surface area (Å²) in [6.45, 7) is 14.0. The monoisotopic (exact) mass is 283 g/mol. The first-order valence-corrected chi connectivity index (χ1v) is 8.85. The standard InChI is InChI=1S/C17H37N3/c1-6-11-16(18-8-3)17(7-2)19(5)14-15-12-10-13-20(15)9-4/h15-18H,6-14H2,1-5H3. The number of likely N-dealkylation sites (N-methyl/N-ethyl adjacent to an activating group) is 3. The molecule has 0 amide bonds. The highest BCUT2D eigenvalue weighted by atomic mass is 15.2. The van der Waals surface area contributed by atoms with E-state index < -0.39 is 0 Å². The predicted octanol–water partition coefficient (Wildman–Crippen LogP) is 2.96. The molecule has 0 aromatic carbocycles. The summed E-state index contributed by atoms with van der Waals surface area (Å²) in [4.78, 5) is 5.28. The molecule has 3 nitrogen and oxygen atoms in total. The Bertz CT molecular complexity index is 238. The second kappa shape index (κ2) is 9.75. The number of nitrogens with zero attached hydrogens (tertiary/aromatic N) is 2. The molecule has 0 saturated carbocycles. The molecule has 0 bridgehead atoms. The van der Waals surface area contributed by atoms with Gasteiger partial charge in [0.05, 0.1) is 0 Å². The van der Waals surface area contributed by atoms with Gasteiger partial charge in [0.15, 0.2) is 0 Å². The summed E-state index contributed by atoms with van der Waals surface area (Å²) in [5.41, 5.74) is 0. The molecule has 120 valence electrons. The Morgan fingerprint density at radius 1 is 1.25 bits per heavy atom. The van der Waals surface area contributed by atoms with Gasteiger partial charge >= 0.3 is 0 Å². The van der Waals surface area contributed by atoms with Crippen molar-refractivity contribution in [3.8, 4) is 0 Å². The molecular formula is C17H37N3. The largest absolute Gasteiger partial charge is 0.313 e. The number of nitrogens with one attached hydrogen (secondary N) is 1. The summed E-state index contributed by atoms with van der Waals surface area (Å²) in [7, 11) is 2.33. The number of rotatable bonds is 10. The SMILES string of the molecule is CCCC(NCC)C(CC)N(C)CC1CCCN1CC. The number of likely N-dealkylation sites (tertiary alicyclic amines) is 1. The summed E-state index contributed by atoms with van der Waals surface area (Å²) in [6, 6.07) is 2.11. The molecule has 1 aliphatic rings. The molecule has 20 heavy (non-hydrogen) atoms. The Labute approximate surface area is 127 Å². The van der Waals surface area contributed by atoms with Gasteiger partial charge in [-0.05, 0) is 52.4 Å². The summed E-state index contributed by atoms with van der Waals surface area (Å²) in [5, 5.41) is 3.71. The normalized spacial score (nSPS) is 23.4. The molecule has 1 rings (SSSR count). The summed E-state index contributed by atoms with van der Waals surface area (Å²) in [6.07, 6.45) is 6.57. The molecule has 0 aromatic rings. The fourth-order valence-electron chi connectivity index (χ4n) is 3.89. The minimum atomic E-state index is 0.650. The third kappa shape index (κ3) is 5.01. The van der Waals surface area contributed by atoms with Crippen LogP contribution in [-0.4, -0.2) is 61.2 Å². The van der Waals surface area contributed by atoms with Gasteiger partial charge in [-0.2, -0.15) is 0 Å². The van der Waals surface area contributed by atoms with Crippen LogP contribution in [0.25, 0.3) is 0 Å². The second-order valence-corrected chi connectivity index (χ2v) is 6.29. The molecule has 0 aromatic heterocycles. The van der Waals surface area contributed by atoms with E-state index in [-0.39, 0.29) is 0 Å². The first kappa shape index (κ1) is 17.9. The topological polar surface area (TPSA) is 18.5 Å². The van der Waals surface area contributed by atoms with Crippen molar-refractivity contribution in [3.05, 3.63) is 0 Å². The fourth-order valence-corrected chi connectivity index (χ4v) is 3.89. The first-order chi connectivity index (χ1) is 9.67. The molecule has 1 heterocycles. The second-order valence-electron chi connectivity index (χ2n) is 6.29. The minimum Gasteiger partial charge on any atom is -0.313 e. The van der Waals surface area contributed by atoms with Gasteiger partial charge in [0.25, 0.3) is 0 Å². The molecule has 0 radical (unpaired) electrons. The van der Waals surface area contributed by atoms with E-state index in [1.54, 1.807) is 0 Å². The average molecular weight is 284 g/mol. The molecule has 0 spiro atoms. The Morgan fingerprint density at radius 3 is 2.55 bits per heavy atom. The highest BCUT2D eigenvalue weighted by molar-refractivity contribution is 4.87.